The molecule has 1 N–H and O–H groups in total. The lowest BCUT2D eigenvalue weighted by Gasteiger charge is -2.20. The molecule has 20 heavy (non-hydrogen) atoms. The van der Waals surface area contributed by atoms with Gasteiger partial charge in [-0.3, -0.25) is 0 Å². The van der Waals surface area contributed by atoms with Crippen LogP contribution in [0.4, 0.5) is 5.69 Å². The quantitative estimate of drug-likeness (QED) is 0.861. The molecule has 1 atom stereocenters. The molecule has 106 valence electrons. The third-order valence-corrected chi connectivity index (χ3v) is 3.62. The highest BCUT2D eigenvalue weighted by Crippen LogP contribution is 2.30. The summed E-state index contributed by atoms with van der Waals surface area (Å²) in [6, 6.07) is 13.0. The highest BCUT2D eigenvalue weighted by molar-refractivity contribution is 5.59. The van der Waals surface area contributed by atoms with Crippen LogP contribution in [0.1, 0.15) is 35.2 Å². The first-order valence-electron chi connectivity index (χ1n) is 6.99. The molecule has 1 unspecified atom stereocenters. The molecule has 2 aromatic carbocycles. The van der Waals surface area contributed by atoms with Crippen LogP contribution in [0, 0.1) is 20.8 Å². The smallest absolute Gasteiger partial charge is 0.141 e. The predicted octanol–water partition coefficient (Wildman–Crippen LogP) is 4.79. The third-order valence-electron chi connectivity index (χ3n) is 3.62. The average Bonchev–Trinajstić information content (AvgIpc) is 2.38. The number of benzene rings is 2. The molecular formula is C18H23NO. The molecule has 0 radical (unpaired) electrons. The fraction of sp³-hybridized carbons (Fsp3) is 0.333. The number of ether oxygens (including phenoxy) is 1. The van der Waals surface area contributed by atoms with Crippen molar-refractivity contribution in [1.82, 2.24) is 0 Å². The number of rotatable bonds is 4. The van der Waals surface area contributed by atoms with E-state index in [1.807, 2.05) is 6.07 Å². The van der Waals surface area contributed by atoms with Gasteiger partial charge < -0.3 is 10.1 Å². The Labute approximate surface area is 121 Å². The van der Waals surface area contributed by atoms with E-state index in [1.165, 1.54) is 22.3 Å². The number of anilines is 1. The van der Waals surface area contributed by atoms with E-state index in [4.69, 9.17) is 4.74 Å². The monoisotopic (exact) mass is 269 g/mol. The second kappa shape index (κ2) is 6.00. The molecule has 2 aromatic rings. The Bertz CT molecular complexity index is 604. The van der Waals surface area contributed by atoms with Crippen LogP contribution in [0.2, 0.25) is 0 Å². The maximum atomic E-state index is 5.42. The summed E-state index contributed by atoms with van der Waals surface area (Å²) in [5.41, 5.74) is 6.20. The Morgan fingerprint density at radius 2 is 1.60 bits per heavy atom. The van der Waals surface area contributed by atoms with Crippen molar-refractivity contribution in [3.63, 3.8) is 0 Å². The van der Waals surface area contributed by atoms with Crippen molar-refractivity contribution in [3.05, 3.63) is 58.7 Å². The topological polar surface area (TPSA) is 21.3 Å². The highest BCUT2D eigenvalue weighted by Gasteiger charge is 2.11. The molecule has 2 rings (SSSR count). The zero-order chi connectivity index (χ0) is 14.7. The van der Waals surface area contributed by atoms with Gasteiger partial charge in [0, 0.05) is 6.04 Å². The lowest BCUT2D eigenvalue weighted by atomic mass is 10.00. The van der Waals surface area contributed by atoms with Gasteiger partial charge in [0.1, 0.15) is 5.75 Å². The summed E-state index contributed by atoms with van der Waals surface area (Å²) in [7, 11) is 1.71. The zero-order valence-electron chi connectivity index (χ0n) is 12.9. The molecule has 0 amide bonds. The van der Waals surface area contributed by atoms with Crippen molar-refractivity contribution < 1.29 is 4.74 Å². The average molecular weight is 269 g/mol. The van der Waals surface area contributed by atoms with Crippen molar-refractivity contribution in [2.75, 3.05) is 12.4 Å². The number of nitrogens with one attached hydrogen (secondary N) is 1. The molecule has 0 aliphatic carbocycles. The second-order valence-corrected chi connectivity index (χ2v) is 5.43. The summed E-state index contributed by atoms with van der Waals surface area (Å²) in [6.07, 6.45) is 0. The lowest BCUT2D eigenvalue weighted by molar-refractivity contribution is 0.416. The summed E-state index contributed by atoms with van der Waals surface area (Å²) in [5.74, 6) is 0.882. The van der Waals surface area contributed by atoms with Crippen LogP contribution in [-0.2, 0) is 0 Å². The molecule has 0 fully saturated rings. The van der Waals surface area contributed by atoms with Crippen LogP contribution in [0.15, 0.2) is 36.4 Å². The second-order valence-electron chi connectivity index (χ2n) is 5.43. The van der Waals surface area contributed by atoms with Gasteiger partial charge >= 0.3 is 0 Å². The summed E-state index contributed by atoms with van der Waals surface area (Å²) >= 11 is 0. The molecule has 0 saturated heterocycles. The van der Waals surface area contributed by atoms with E-state index in [-0.39, 0.29) is 6.04 Å². The van der Waals surface area contributed by atoms with Crippen LogP contribution in [0.5, 0.6) is 5.75 Å². The predicted molar refractivity (Wildman–Crippen MR) is 85.7 cm³/mol. The van der Waals surface area contributed by atoms with E-state index in [0.29, 0.717) is 0 Å². The third kappa shape index (κ3) is 3.13. The molecule has 0 bridgehead atoms. The van der Waals surface area contributed by atoms with Crippen LogP contribution < -0.4 is 10.1 Å². The van der Waals surface area contributed by atoms with Gasteiger partial charge in [-0.15, -0.1) is 0 Å². The van der Waals surface area contributed by atoms with Gasteiger partial charge in [-0.05, 0) is 56.5 Å². The van der Waals surface area contributed by atoms with Gasteiger partial charge in [-0.25, -0.2) is 0 Å². The molecule has 0 aliphatic heterocycles. The fourth-order valence-electron chi connectivity index (χ4n) is 2.56. The van der Waals surface area contributed by atoms with Crippen molar-refractivity contribution in [2.45, 2.75) is 33.7 Å². The summed E-state index contributed by atoms with van der Waals surface area (Å²) in [5, 5.41) is 3.55. The highest BCUT2D eigenvalue weighted by atomic mass is 16.5. The van der Waals surface area contributed by atoms with E-state index in [1.54, 1.807) is 7.11 Å². The normalized spacial score (nSPS) is 12.1. The van der Waals surface area contributed by atoms with Gasteiger partial charge in [0.25, 0.3) is 0 Å². The minimum Gasteiger partial charge on any atom is -0.495 e. The number of hydrogen-bond acceptors (Lipinski definition) is 2. The van der Waals surface area contributed by atoms with Crippen LogP contribution in [0.3, 0.4) is 0 Å². The molecular weight excluding hydrogens is 246 g/mol. The summed E-state index contributed by atoms with van der Waals surface area (Å²) in [4.78, 5) is 0. The maximum Gasteiger partial charge on any atom is 0.141 e. The Morgan fingerprint density at radius 1 is 0.950 bits per heavy atom. The Balaban J connectivity index is 2.27. The summed E-state index contributed by atoms with van der Waals surface area (Å²) < 4.78 is 5.42. The number of methoxy groups -OCH3 is 1. The Hall–Kier alpha value is -1.96. The van der Waals surface area contributed by atoms with Crippen molar-refractivity contribution in [1.29, 1.82) is 0 Å². The van der Waals surface area contributed by atoms with E-state index >= 15 is 0 Å². The molecule has 0 aliphatic rings. The minimum absolute atomic E-state index is 0.242. The molecule has 0 aromatic heterocycles. The largest absolute Gasteiger partial charge is 0.495 e. The van der Waals surface area contributed by atoms with E-state index < -0.39 is 0 Å². The molecule has 0 spiro atoms. The molecule has 2 heteroatoms. The van der Waals surface area contributed by atoms with Gasteiger partial charge in [0.15, 0.2) is 0 Å². The first-order chi connectivity index (χ1) is 9.51. The Kier molecular flexibility index (Phi) is 4.33. The van der Waals surface area contributed by atoms with Crippen LogP contribution in [-0.4, -0.2) is 7.11 Å². The Morgan fingerprint density at radius 3 is 2.25 bits per heavy atom. The SMILES string of the molecule is COc1ccc(C)cc1NC(C)c1ccc(C)cc1C. The first-order valence-corrected chi connectivity index (χ1v) is 6.99. The lowest BCUT2D eigenvalue weighted by Crippen LogP contribution is -2.09. The van der Waals surface area contributed by atoms with E-state index in [9.17, 15) is 0 Å². The molecule has 0 heterocycles. The van der Waals surface area contributed by atoms with Crippen LogP contribution >= 0.6 is 0 Å². The zero-order valence-corrected chi connectivity index (χ0v) is 12.9. The first kappa shape index (κ1) is 14.4. The van der Waals surface area contributed by atoms with Gasteiger partial charge in [-0.2, -0.15) is 0 Å². The van der Waals surface area contributed by atoms with Gasteiger partial charge in [0.2, 0.25) is 0 Å². The van der Waals surface area contributed by atoms with Gasteiger partial charge in [0.05, 0.1) is 12.8 Å². The van der Waals surface area contributed by atoms with Crippen molar-refractivity contribution >= 4 is 5.69 Å². The number of aryl methyl sites for hydroxylation is 3. The van der Waals surface area contributed by atoms with Crippen molar-refractivity contribution in [2.24, 2.45) is 0 Å². The molecule has 2 nitrogen and oxygen atoms in total. The fourth-order valence-corrected chi connectivity index (χ4v) is 2.56. The molecule has 0 saturated carbocycles. The summed E-state index contributed by atoms with van der Waals surface area (Å²) in [6.45, 7) is 8.55. The number of hydrogen-bond donors (Lipinski definition) is 1. The van der Waals surface area contributed by atoms with Crippen molar-refractivity contribution in [3.8, 4) is 5.75 Å². The van der Waals surface area contributed by atoms with Gasteiger partial charge in [-0.1, -0.05) is 29.8 Å². The van der Waals surface area contributed by atoms with E-state index in [2.05, 4.69) is 63.3 Å². The minimum atomic E-state index is 0.242. The van der Waals surface area contributed by atoms with Crippen LogP contribution in [0.25, 0.3) is 0 Å². The van der Waals surface area contributed by atoms with E-state index in [0.717, 1.165) is 11.4 Å². The standard InChI is InChI=1S/C18H23NO/c1-12-6-8-16(14(3)10-12)15(4)19-17-11-13(2)7-9-18(17)20-5/h6-11,15,19H,1-5H3. The maximum absolute atomic E-state index is 5.42.